The van der Waals surface area contributed by atoms with Crippen LogP contribution in [0.15, 0.2) is 24.3 Å². The first kappa shape index (κ1) is 15.6. The number of carbonyl (C=O) groups excluding carboxylic acids is 1. The summed E-state index contributed by atoms with van der Waals surface area (Å²) in [6, 6.07) is 8.49. The molecule has 3 heteroatoms. The van der Waals surface area contributed by atoms with Gasteiger partial charge in [-0.15, -0.1) is 0 Å². The summed E-state index contributed by atoms with van der Waals surface area (Å²) >= 11 is 0. The van der Waals surface area contributed by atoms with Crippen molar-refractivity contribution in [3.8, 4) is 0 Å². The Labute approximate surface area is 127 Å². The Bertz CT molecular complexity index is 627. The van der Waals surface area contributed by atoms with Crippen molar-refractivity contribution in [3.05, 3.63) is 35.5 Å². The molecule has 0 fully saturated rings. The topological polar surface area (TPSA) is 34.0 Å². The quantitative estimate of drug-likeness (QED) is 0.794. The fourth-order valence-electron chi connectivity index (χ4n) is 2.76. The molecule has 0 bridgehead atoms. The molecule has 0 saturated heterocycles. The number of aryl methyl sites for hydroxylation is 2. The maximum atomic E-state index is 12.4. The van der Waals surface area contributed by atoms with Gasteiger partial charge in [-0.1, -0.05) is 37.8 Å². The molecule has 2 rings (SSSR count). The lowest BCUT2D eigenvalue weighted by Crippen LogP contribution is -2.33. The smallest absolute Gasteiger partial charge is 0.268 e. The van der Waals surface area contributed by atoms with Crippen LogP contribution in [0.3, 0.4) is 0 Å². The van der Waals surface area contributed by atoms with Gasteiger partial charge in [0.25, 0.3) is 5.91 Å². The van der Waals surface area contributed by atoms with Gasteiger partial charge in [0, 0.05) is 24.0 Å². The normalized spacial score (nSPS) is 12.6. The molecule has 0 saturated carbocycles. The fraction of sp³-hybridized carbons (Fsp3) is 0.500. The van der Waals surface area contributed by atoms with Gasteiger partial charge >= 0.3 is 0 Å². The molecule has 0 aliphatic carbocycles. The van der Waals surface area contributed by atoms with Crippen molar-refractivity contribution >= 4 is 16.8 Å². The molecule has 1 aromatic heterocycles. The lowest BCUT2D eigenvalue weighted by molar-refractivity contribution is 0.0930. The van der Waals surface area contributed by atoms with Crippen LogP contribution in [0, 0.1) is 6.92 Å². The number of benzene rings is 1. The van der Waals surface area contributed by atoms with E-state index in [4.69, 9.17) is 0 Å². The lowest BCUT2D eigenvalue weighted by atomic mass is 10.1. The van der Waals surface area contributed by atoms with Crippen LogP contribution in [0.5, 0.6) is 0 Å². The van der Waals surface area contributed by atoms with Crippen molar-refractivity contribution in [1.82, 2.24) is 9.88 Å². The maximum Gasteiger partial charge on any atom is 0.268 e. The van der Waals surface area contributed by atoms with E-state index >= 15 is 0 Å². The molecule has 1 atom stereocenters. The predicted molar refractivity (Wildman–Crippen MR) is 88.7 cm³/mol. The highest BCUT2D eigenvalue weighted by Gasteiger charge is 2.15. The van der Waals surface area contributed by atoms with Crippen LogP contribution >= 0.6 is 0 Å². The molecule has 1 aromatic carbocycles. The molecule has 0 aliphatic rings. The van der Waals surface area contributed by atoms with E-state index < -0.39 is 0 Å². The molecule has 0 aliphatic heterocycles. The van der Waals surface area contributed by atoms with Crippen LogP contribution in [0.4, 0.5) is 0 Å². The minimum atomic E-state index is 0.0235. The maximum absolute atomic E-state index is 12.4. The zero-order chi connectivity index (χ0) is 15.4. The second-order valence-corrected chi connectivity index (χ2v) is 6.02. The number of unbranched alkanes of at least 4 members (excludes halogenated alkanes) is 2. The Balaban J connectivity index is 2.10. The van der Waals surface area contributed by atoms with Gasteiger partial charge in [0.05, 0.1) is 0 Å². The van der Waals surface area contributed by atoms with Gasteiger partial charge in [-0.2, -0.15) is 0 Å². The van der Waals surface area contributed by atoms with Gasteiger partial charge in [0.2, 0.25) is 0 Å². The number of hydrogen-bond donors (Lipinski definition) is 1. The highest BCUT2D eigenvalue weighted by atomic mass is 16.2. The third kappa shape index (κ3) is 3.66. The number of aromatic nitrogens is 1. The van der Waals surface area contributed by atoms with E-state index in [0.717, 1.165) is 23.0 Å². The highest BCUT2D eigenvalue weighted by molar-refractivity contribution is 5.98. The first-order valence-corrected chi connectivity index (χ1v) is 7.90. The Morgan fingerprint density at radius 3 is 2.76 bits per heavy atom. The number of carbonyl (C=O) groups is 1. The SMILES string of the molecule is CCCCC[C@@H](C)NC(=O)c1cc2cc(C)ccc2n1C. The summed E-state index contributed by atoms with van der Waals surface area (Å²) in [6.07, 6.45) is 4.66. The standard InChI is InChI=1S/C18H26N2O/c1-5-6-7-8-14(3)19-18(21)17-12-15-11-13(2)9-10-16(15)20(17)4/h9-12,14H,5-8H2,1-4H3,(H,19,21)/t14-/m1/s1. The highest BCUT2D eigenvalue weighted by Crippen LogP contribution is 2.20. The van der Waals surface area contributed by atoms with E-state index in [0.29, 0.717) is 0 Å². The van der Waals surface area contributed by atoms with Crippen molar-refractivity contribution < 1.29 is 4.79 Å². The van der Waals surface area contributed by atoms with Crippen LogP contribution in [-0.4, -0.2) is 16.5 Å². The zero-order valence-corrected chi connectivity index (χ0v) is 13.6. The molecule has 1 N–H and O–H groups in total. The molecular weight excluding hydrogens is 260 g/mol. The van der Waals surface area contributed by atoms with Gasteiger partial charge in [0.1, 0.15) is 5.69 Å². The largest absolute Gasteiger partial charge is 0.348 e. The van der Waals surface area contributed by atoms with E-state index in [1.807, 2.05) is 17.7 Å². The van der Waals surface area contributed by atoms with Gasteiger partial charge in [0.15, 0.2) is 0 Å². The Morgan fingerprint density at radius 1 is 1.29 bits per heavy atom. The molecule has 1 amide bonds. The van der Waals surface area contributed by atoms with Crippen LogP contribution in [-0.2, 0) is 7.05 Å². The van der Waals surface area contributed by atoms with E-state index in [2.05, 4.69) is 44.3 Å². The second-order valence-electron chi connectivity index (χ2n) is 6.02. The third-order valence-electron chi connectivity index (χ3n) is 4.05. The minimum Gasteiger partial charge on any atom is -0.348 e. The van der Waals surface area contributed by atoms with Crippen molar-refractivity contribution in [1.29, 1.82) is 0 Å². The van der Waals surface area contributed by atoms with Gasteiger partial charge in [-0.3, -0.25) is 4.79 Å². The molecule has 0 radical (unpaired) electrons. The Kier molecular flexibility index (Phi) is 5.05. The van der Waals surface area contributed by atoms with E-state index in [1.54, 1.807) is 0 Å². The van der Waals surface area contributed by atoms with E-state index in [1.165, 1.54) is 24.8 Å². The summed E-state index contributed by atoms with van der Waals surface area (Å²) in [5, 5.41) is 4.24. The van der Waals surface area contributed by atoms with Crippen LogP contribution in [0.2, 0.25) is 0 Å². The van der Waals surface area contributed by atoms with Crippen molar-refractivity contribution in [2.24, 2.45) is 7.05 Å². The molecule has 21 heavy (non-hydrogen) atoms. The monoisotopic (exact) mass is 286 g/mol. The summed E-state index contributed by atoms with van der Waals surface area (Å²) < 4.78 is 1.98. The molecule has 0 spiro atoms. The second kappa shape index (κ2) is 6.79. The molecule has 0 unspecified atom stereocenters. The Hall–Kier alpha value is -1.77. The number of rotatable bonds is 6. The molecule has 1 heterocycles. The predicted octanol–water partition coefficient (Wildman–Crippen LogP) is 4.19. The summed E-state index contributed by atoms with van der Waals surface area (Å²) in [5.74, 6) is 0.0235. The molecule has 3 nitrogen and oxygen atoms in total. The number of nitrogens with one attached hydrogen (secondary N) is 1. The van der Waals surface area contributed by atoms with Crippen LogP contribution in [0.1, 0.15) is 55.6 Å². The van der Waals surface area contributed by atoms with E-state index in [-0.39, 0.29) is 11.9 Å². The number of nitrogens with zero attached hydrogens (tertiary/aromatic N) is 1. The summed E-state index contributed by atoms with van der Waals surface area (Å²) in [6.45, 7) is 6.35. The van der Waals surface area contributed by atoms with E-state index in [9.17, 15) is 4.79 Å². The Morgan fingerprint density at radius 2 is 2.05 bits per heavy atom. The lowest BCUT2D eigenvalue weighted by Gasteiger charge is -2.14. The first-order chi connectivity index (χ1) is 10.0. The summed E-state index contributed by atoms with van der Waals surface area (Å²) in [4.78, 5) is 12.4. The van der Waals surface area contributed by atoms with Crippen molar-refractivity contribution in [2.75, 3.05) is 0 Å². The number of hydrogen-bond acceptors (Lipinski definition) is 1. The number of fused-ring (bicyclic) bond motifs is 1. The van der Waals surface area contributed by atoms with Crippen molar-refractivity contribution in [3.63, 3.8) is 0 Å². The minimum absolute atomic E-state index is 0.0235. The molecule has 2 aromatic rings. The average Bonchev–Trinajstić information content (AvgIpc) is 2.75. The average molecular weight is 286 g/mol. The van der Waals surface area contributed by atoms with Gasteiger partial charge < -0.3 is 9.88 Å². The van der Waals surface area contributed by atoms with Crippen molar-refractivity contribution in [2.45, 2.75) is 52.5 Å². The zero-order valence-electron chi connectivity index (χ0n) is 13.6. The third-order valence-corrected chi connectivity index (χ3v) is 4.05. The first-order valence-electron chi connectivity index (χ1n) is 7.90. The van der Waals surface area contributed by atoms with Gasteiger partial charge in [-0.25, -0.2) is 0 Å². The number of amides is 1. The summed E-state index contributed by atoms with van der Waals surface area (Å²) in [7, 11) is 1.95. The molecular formula is C18H26N2O. The van der Waals surface area contributed by atoms with Crippen LogP contribution in [0.25, 0.3) is 10.9 Å². The van der Waals surface area contributed by atoms with Gasteiger partial charge in [-0.05, 0) is 38.5 Å². The molecule has 114 valence electrons. The summed E-state index contributed by atoms with van der Waals surface area (Å²) in [5.41, 5.74) is 3.05. The van der Waals surface area contributed by atoms with Crippen LogP contribution < -0.4 is 5.32 Å². The fourth-order valence-corrected chi connectivity index (χ4v) is 2.76.